The normalized spacial score (nSPS) is 21.0. The molecule has 0 bridgehead atoms. The van der Waals surface area contributed by atoms with E-state index in [0.717, 1.165) is 17.1 Å². The second-order valence-electron chi connectivity index (χ2n) is 5.57. The lowest BCUT2D eigenvalue weighted by Gasteiger charge is -2.14. The number of rotatable bonds is 5. The van der Waals surface area contributed by atoms with Crippen LogP contribution in [0, 0.1) is 6.92 Å². The van der Waals surface area contributed by atoms with Crippen molar-refractivity contribution in [1.82, 2.24) is 25.1 Å². The molecule has 22 heavy (non-hydrogen) atoms. The van der Waals surface area contributed by atoms with Crippen molar-refractivity contribution >= 4 is 17.5 Å². The fourth-order valence-corrected chi connectivity index (χ4v) is 2.44. The number of hydrogen-bond donors (Lipinski definition) is 3. The lowest BCUT2D eigenvalue weighted by Crippen LogP contribution is -2.29. The van der Waals surface area contributed by atoms with Crippen LogP contribution in [0.25, 0.3) is 0 Å². The SMILES string of the molecule is Cc1cnc(Nc2cnn(C)c2)nc1NC[C@@H]1C[C@H](F)CN1. The molecule has 2 aromatic heterocycles. The van der Waals surface area contributed by atoms with Crippen molar-refractivity contribution in [2.24, 2.45) is 7.05 Å². The van der Waals surface area contributed by atoms with Gasteiger partial charge in [0.2, 0.25) is 5.95 Å². The lowest BCUT2D eigenvalue weighted by molar-refractivity contribution is 0.356. The number of halogens is 1. The van der Waals surface area contributed by atoms with E-state index in [2.05, 4.69) is 31.0 Å². The number of nitrogens with one attached hydrogen (secondary N) is 3. The fourth-order valence-electron chi connectivity index (χ4n) is 2.44. The van der Waals surface area contributed by atoms with Gasteiger partial charge in [0.1, 0.15) is 12.0 Å². The molecule has 2 atom stereocenters. The van der Waals surface area contributed by atoms with Gasteiger partial charge >= 0.3 is 0 Å². The van der Waals surface area contributed by atoms with Crippen LogP contribution in [0.5, 0.6) is 0 Å². The minimum atomic E-state index is -0.749. The van der Waals surface area contributed by atoms with Gasteiger partial charge in [-0.05, 0) is 13.3 Å². The summed E-state index contributed by atoms with van der Waals surface area (Å²) in [7, 11) is 1.85. The first kappa shape index (κ1) is 14.7. The van der Waals surface area contributed by atoms with Crippen LogP contribution in [-0.4, -0.2) is 45.1 Å². The highest BCUT2D eigenvalue weighted by Gasteiger charge is 2.23. The maximum absolute atomic E-state index is 13.2. The zero-order chi connectivity index (χ0) is 15.5. The molecule has 7 nitrogen and oxygen atoms in total. The van der Waals surface area contributed by atoms with Crippen LogP contribution in [0.4, 0.5) is 21.8 Å². The number of nitrogens with zero attached hydrogens (tertiary/aromatic N) is 4. The molecule has 0 saturated carbocycles. The van der Waals surface area contributed by atoms with E-state index >= 15 is 0 Å². The molecule has 0 aliphatic carbocycles. The summed E-state index contributed by atoms with van der Waals surface area (Å²) >= 11 is 0. The topological polar surface area (TPSA) is 79.7 Å². The summed E-state index contributed by atoms with van der Waals surface area (Å²) < 4.78 is 14.9. The van der Waals surface area contributed by atoms with Gasteiger partial charge in [-0.25, -0.2) is 9.37 Å². The average Bonchev–Trinajstić information content (AvgIpc) is 3.08. The van der Waals surface area contributed by atoms with Crippen molar-refractivity contribution < 1.29 is 4.39 Å². The molecule has 0 amide bonds. The Balaban J connectivity index is 1.64. The Kier molecular flexibility index (Phi) is 4.19. The van der Waals surface area contributed by atoms with Gasteiger partial charge in [-0.1, -0.05) is 0 Å². The van der Waals surface area contributed by atoms with E-state index < -0.39 is 6.17 Å². The summed E-state index contributed by atoms with van der Waals surface area (Å²) in [6.07, 6.45) is 5.10. The summed E-state index contributed by atoms with van der Waals surface area (Å²) in [5.41, 5.74) is 1.78. The lowest BCUT2D eigenvalue weighted by atomic mass is 10.2. The van der Waals surface area contributed by atoms with Crippen molar-refractivity contribution in [2.75, 3.05) is 23.7 Å². The standard InChI is InChI=1S/C14H20FN7/c1-9-4-18-14(20-12-7-19-22(2)8-12)21-13(9)17-6-11-3-10(15)5-16-11/h4,7-8,10-11,16H,3,5-6H2,1-2H3,(H2,17,18,20,21)/t10-,11-/m0/s1. The van der Waals surface area contributed by atoms with Crippen molar-refractivity contribution in [3.05, 3.63) is 24.2 Å². The molecule has 0 radical (unpaired) electrons. The van der Waals surface area contributed by atoms with Crippen LogP contribution in [0.2, 0.25) is 0 Å². The zero-order valence-corrected chi connectivity index (χ0v) is 12.7. The summed E-state index contributed by atoms with van der Waals surface area (Å²) in [5.74, 6) is 1.26. The Morgan fingerprint density at radius 1 is 1.45 bits per heavy atom. The highest BCUT2D eigenvalue weighted by Crippen LogP contribution is 2.17. The highest BCUT2D eigenvalue weighted by molar-refractivity contribution is 5.54. The maximum Gasteiger partial charge on any atom is 0.229 e. The molecule has 8 heteroatoms. The third-order valence-electron chi connectivity index (χ3n) is 3.62. The van der Waals surface area contributed by atoms with E-state index in [1.54, 1.807) is 17.1 Å². The highest BCUT2D eigenvalue weighted by atomic mass is 19.1. The van der Waals surface area contributed by atoms with Crippen LogP contribution < -0.4 is 16.0 Å². The Labute approximate surface area is 128 Å². The van der Waals surface area contributed by atoms with E-state index in [-0.39, 0.29) is 6.04 Å². The Bertz CT molecular complexity index is 642. The first-order chi connectivity index (χ1) is 10.6. The molecule has 0 unspecified atom stereocenters. The van der Waals surface area contributed by atoms with Crippen molar-refractivity contribution in [1.29, 1.82) is 0 Å². The smallest absolute Gasteiger partial charge is 0.229 e. The number of aryl methyl sites for hydroxylation is 2. The van der Waals surface area contributed by atoms with Crippen LogP contribution in [0.3, 0.4) is 0 Å². The Morgan fingerprint density at radius 3 is 3.00 bits per heavy atom. The molecule has 0 spiro atoms. The summed E-state index contributed by atoms with van der Waals surface area (Å²) in [4.78, 5) is 8.73. The van der Waals surface area contributed by atoms with Gasteiger partial charge < -0.3 is 16.0 Å². The maximum atomic E-state index is 13.2. The predicted molar refractivity (Wildman–Crippen MR) is 83.1 cm³/mol. The number of anilines is 3. The first-order valence-corrected chi connectivity index (χ1v) is 7.31. The van der Waals surface area contributed by atoms with E-state index in [9.17, 15) is 4.39 Å². The molecule has 3 heterocycles. The molecule has 3 N–H and O–H groups in total. The third-order valence-corrected chi connectivity index (χ3v) is 3.62. The van der Waals surface area contributed by atoms with Crippen LogP contribution >= 0.6 is 0 Å². The van der Waals surface area contributed by atoms with Gasteiger partial charge in [0, 0.05) is 44.1 Å². The molecule has 3 rings (SSSR count). The van der Waals surface area contributed by atoms with Crippen LogP contribution in [-0.2, 0) is 7.05 Å². The monoisotopic (exact) mass is 305 g/mol. The van der Waals surface area contributed by atoms with Gasteiger partial charge in [0.25, 0.3) is 0 Å². The van der Waals surface area contributed by atoms with Gasteiger partial charge in [-0.2, -0.15) is 10.1 Å². The summed E-state index contributed by atoms with van der Waals surface area (Å²) in [6.45, 7) is 3.02. The van der Waals surface area contributed by atoms with Crippen LogP contribution in [0.1, 0.15) is 12.0 Å². The number of aromatic nitrogens is 4. The molecular weight excluding hydrogens is 285 g/mol. The second-order valence-corrected chi connectivity index (χ2v) is 5.57. The third kappa shape index (κ3) is 3.51. The molecule has 1 fully saturated rings. The van der Waals surface area contributed by atoms with Crippen molar-refractivity contribution in [3.8, 4) is 0 Å². The first-order valence-electron chi connectivity index (χ1n) is 7.31. The van der Waals surface area contributed by atoms with Gasteiger partial charge in [0.15, 0.2) is 0 Å². The molecule has 118 valence electrons. The largest absolute Gasteiger partial charge is 0.368 e. The molecule has 1 saturated heterocycles. The van der Waals surface area contributed by atoms with E-state index in [1.165, 1.54) is 0 Å². The summed E-state index contributed by atoms with van der Waals surface area (Å²) in [5, 5.41) is 13.6. The Morgan fingerprint density at radius 2 is 2.32 bits per heavy atom. The van der Waals surface area contributed by atoms with E-state index in [4.69, 9.17) is 0 Å². The molecule has 2 aromatic rings. The molecule has 1 aliphatic rings. The molecule has 0 aromatic carbocycles. The zero-order valence-electron chi connectivity index (χ0n) is 12.7. The predicted octanol–water partition coefficient (Wildman–Crippen LogP) is 1.37. The molecular formula is C14H20FN7. The quantitative estimate of drug-likeness (QED) is 0.774. The number of hydrogen-bond acceptors (Lipinski definition) is 6. The Hall–Kier alpha value is -2.22. The van der Waals surface area contributed by atoms with Gasteiger partial charge in [-0.15, -0.1) is 0 Å². The van der Waals surface area contributed by atoms with E-state index in [0.29, 0.717) is 25.5 Å². The summed E-state index contributed by atoms with van der Waals surface area (Å²) in [6, 6.07) is 0.138. The average molecular weight is 305 g/mol. The second kappa shape index (κ2) is 6.27. The van der Waals surface area contributed by atoms with Gasteiger partial charge in [-0.3, -0.25) is 4.68 Å². The van der Waals surface area contributed by atoms with Gasteiger partial charge in [0.05, 0.1) is 11.9 Å². The van der Waals surface area contributed by atoms with E-state index in [1.807, 2.05) is 20.2 Å². The van der Waals surface area contributed by atoms with Crippen LogP contribution in [0.15, 0.2) is 18.6 Å². The minimum absolute atomic E-state index is 0.138. The van der Waals surface area contributed by atoms with Crippen molar-refractivity contribution in [2.45, 2.75) is 25.6 Å². The minimum Gasteiger partial charge on any atom is -0.368 e. The van der Waals surface area contributed by atoms with Crippen molar-refractivity contribution in [3.63, 3.8) is 0 Å². The number of alkyl halides is 1. The fraction of sp³-hybridized carbons (Fsp3) is 0.500. The molecule has 1 aliphatic heterocycles.